The predicted octanol–water partition coefficient (Wildman–Crippen LogP) is 2.63. The zero-order chi connectivity index (χ0) is 24.5. The number of hydrogen-bond donors (Lipinski definition) is 1. The molecular formula is C23H26N6O4S. The molecule has 0 radical (unpaired) electrons. The third kappa shape index (κ3) is 4.84. The average molecular weight is 483 g/mol. The van der Waals surface area contributed by atoms with Crippen LogP contribution in [0.3, 0.4) is 0 Å². The zero-order valence-corrected chi connectivity index (χ0v) is 20.3. The van der Waals surface area contributed by atoms with Gasteiger partial charge in [0.1, 0.15) is 17.1 Å². The van der Waals surface area contributed by atoms with Gasteiger partial charge in [0, 0.05) is 12.5 Å². The minimum absolute atomic E-state index is 0.108. The zero-order valence-electron chi connectivity index (χ0n) is 19.4. The molecule has 0 unspecified atom stereocenters. The molecule has 4 aromatic rings. The summed E-state index contributed by atoms with van der Waals surface area (Å²) in [5.74, 6) is 0.909. The standard InChI is InChI=1S/C23H26N6O4S/c1-5-18-20-21(28-29(18)12-15-7-6-10-24-27-15)23(30)26-22(25-20)17-11-16(34(4,31)32)8-9-19(17)33-13-14(2)3/h6-11,14H,5,12-13H2,1-4H3,(H,25,26,30). The fraction of sp³-hybridized carbons (Fsp3) is 0.348. The molecule has 0 aliphatic carbocycles. The molecule has 0 fully saturated rings. The van der Waals surface area contributed by atoms with Crippen LogP contribution in [0.2, 0.25) is 0 Å². The van der Waals surface area contributed by atoms with Crippen molar-refractivity contribution < 1.29 is 13.2 Å². The number of sulfone groups is 1. The molecule has 178 valence electrons. The normalized spacial score (nSPS) is 11.9. The molecule has 0 saturated carbocycles. The van der Waals surface area contributed by atoms with Gasteiger partial charge in [0.2, 0.25) is 0 Å². The lowest BCUT2D eigenvalue weighted by Crippen LogP contribution is -2.12. The number of benzene rings is 1. The number of nitrogens with one attached hydrogen (secondary N) is 1. The van der Waals surface area contributed by atoms with E-state index in [4.69, 9.17) is 9.72 Å². The molecular weight excluding hydrogens is 456 g/mol. The van der Waals surface area contributed by atoms with Crippen LogP contribution in [0.4, 0.5) is 0 Å². The molecule has 11 heteroatoms. The van der Waals surface area contributed by atoms with Crippen LogP contribution in [0.25, 0.3) is 22.4 Å². The van der Waals surface area contributed by atoms with Crippen molar-refractivity contribution in [3.8, 4) is 17.1 Å². The summed E-state index contributed by atoms with van der Waals surface area (Å²) in [5, 5.41) is 12.5. The Morgan fingerprint density at radius 1 is 1.18 bits per heavy atom. The maximum atomic E-state index is 13.0. The van der Waals surface area contributed by atoms with E-state index in [0.717, 1.165) is 11.9 Å². The highest BCUT2D eigenvalue weighted by Gasteiger charge is 2.20. The number of ether oxygens (including phenoxy) is 1. The van der Waals surface area contributed by atoms with Crippen molar-refractivity contribution >= 4 is 20.9 Å². The molecule has 1 N–H and O–H groups in total. The Kier molecular flexibility index (Phi) is 6.47. The molecule has 1 aromatic carbocycles. The van der Waals surface area contributed by atoms with Gasteiger partial charge in [-0.3, -0.25) is 9.48 Å². The van der Waals surface area contributed by atoms with E-state index >= 15 is 0 Å². The molecule has 3 heterocycles. The summed E-state index contributed by atoms with van der Waals surface area (Å²) in [6.45, 7) is 6.74. The van der Waals surface area contributed by atoms with E-state index in [1.54, 1.807) is 23.0 Å². The first-order valence-corrected chi connectivity index (χ1v) is 12.8. The lowest BCUT2D eigenvalue weighted by Gasteiger charge is -2.14. The van der Waals surface area contributed by atoms with E-state index < -0.39 is 15.4 Å². The summed E-state index contributed by atoms with van der Waals surface area (Å²) >= 11 is 0. The SMILES string of the molecule is CCc1c2nc(-c3cc(S(C)(=O)=O)ccc3OCC(C)C)[nH]c(=O)c2nn1Cc1cccnn1. The predicted molar refractivity (Wildman–Crippen MR) is 128 cm³/mol. The van der Waals surface area contributed by atoms with Crippen LogP contribution < -0.4 is 10.3 Å². The van der Waals surface area contributed by atoms with Crippen LogP contribution in [0.1, 0.15) is 32.2 Å². The van der Waals surface area contributed by atoms with Crippen LogP contribution in [0.5, 0.6) is 5.75 Å². The number of nitrogens with zero attached hydrogens (tertiary/aromatic N) is 5. The fourth-order valence-corrected chi connectivity index (χ4v) is 4.20. The molecule has 0 atom stereocenters. The summed E-state index contributed by atoms with van der Waals surface area (Å²) < 4.78 is 32.0. The summed E-state index contributed by atoms with van der Waals surface area (Å²) in [6.07, 6.45) is 3.30. The Hall–Kier alpha value is -3.60. The highest BCUT2D eigenvalue weighted by Crippen LogP contribution is 2.31. The van der Waals surface area contributed by atoms with E-state index in [2.05, 4.69) is 20.3 Å². The van der Waals surface area contributed by atoms with E-state index in [-0.39, 0.29) is 22.2 Å². The van der Waals surface area contributed by atoms with Crippen molar-refractivity contribution in [1.29, 1.82) is 0 Å². The van der Waals surface area contributed by atoms with E-state index in [9.17, 15) is 13.2 Å². The van der Waals surface area contributed by atoms with E-state index in [0.29, 0.717) is 42.1 Å². The number of aromatic nitrogens is 6. The highest BCUT2D eigenvalue weighted by molar-refractivity contribution is 7.90. The van der Waals surface area contributed by atoms with Gasteiger partial charge < -0.3 is 9.72 Å². The topological polar surface area (TPSA) is 133 Å². The number of aryl methyl sites for hydroxylation is 1. The second kappa shape index (κ2) is 9.34. The second-order valence-electron chi connectivity index (χ2n) is 8.42. The Bertz CT molecular complexity index is 1490. The van der Waals surface area contributed by atoms with Gasteiger partial charge >= 0.3 is 0 Å². The lowest BCUT2D eigenvalue weighted by molar-refractivity contribution is 0.272. The molecule has 4 rings (SSSR count). The van der Waals surface area contributed by atoms with Crippen molar-refractivity contribution in [1.82, 2.24) is 29.9 Å². The minimum Gasteiger partial charge on any atom is -0.493 e. The van der Waals surface area contributed by atoms with Crippen LogP contribution in [-0.2, 0) is 22.8 Å². The number of rotatable bonds is 8. The first kappa shape index (κ1) is 23.6. The average Bonchev–Trinajstić information content (AvgIpc) is 3.15. The van der Waals surface area contributed by atoms with Crippen molar-refractivity contribution in [2.75, 3.05) is 12.9 Å². The fourth-order valence-electron chi connectivity index (χ4n) is 3.55. The van der Waals surface area contributed by atoms with Crippen molar-refractivity contribution in [3.63, 3.8) is 0 Å². The van der Waals surface area contributed by atoms with Gasteiger partial charge in [-0.1, -0.05) is 20.8 Å². The number of aromatic amines is 1. The maximum Gasteiger partial charge on any atom is 0.279 e. The minimum atomic E-state index is -3.48. The van der Waals surface area contributed by atoms with Crippen LogP contribution in [-0.4, -0.2) is 51.2 Å². The second-order valence-corrected chi connectivity index (χ2v) is 10.4. The summed E-state index contributed by atoms with van der Waals surface area (Å²) in [6, 6.07) is 8.17. The van der Waals surface area contributed by atoms with Crippen molar-refractivity contribution in [2.24, 2.45) is 5.92 Å². The van der Waals surface area contributed by atoms with Gasteiger partial charge in [-0.25, -0.2) is 13.4 Å². The van der Waals surface area contributed by atoms with E-state index in [1.165, 1.54) is 12.1 Å². The molecule has 3 aromatic heterocycles. The van der Waals surface area contributed by atoms with Gasteiger partial charge in [0.25, 0.3) is 5.56 Å². The smallest absolute Gasteiger partial charge is 0.279 e. The van der Waals surface area contributed by atoms with Gasteiger partial charge in [-0.05, 0) is 42.7 Å². The van der Waals surface area contributed by atoms with Gasteiger partial charge in [-0.2, -0.15) is 15.3 Å². The molecule has 0 spiro atoms. The van der Waals surface area contributed by atoms with Crippen LogP contribution >= 0.6 is 0 Å². The molecule has 0 aliphatic heterocycles. The number of H-pyrrole nitrogens is 1. The molecule has 34 heavy (non-hydrogen) atoms. The van der Waals surface area contributed by atoms with Gasteiger partial charge in [0.05, 0.1) is 35.0 Å². The molecule has 0 saturated heterocycles. The third-order valence-corrected chi connectivity index (χ3v) is 6.29. The van der Waals surface area contributed by atoms with Crippen LogP contribution in [0, 0.1) is 5.92 Å². The third-order valence-electron chi connectivity index (χ3n) is 5.18. The Morgan fingerprint density at radius 2 is 1.97 bits per heavy atom. The largest absolute Gasteiger partial charge is 0.493 e. The monoisotopic (exact) mass is 482 g/mol. The first-order valence-electron chi connectivity index (χ1n) is 10.9. The highest BCUT2D eigenvalue weighted by atomic mass is 32.2. The summed E-state index contributed by atoms with van der Waals surface area (Å²) in [7, 11) is -3.48. The van der Waals surface area contributed by atoms with Crippen LogP contribution in [0.15, 0.2) is 46.2 Å². The maximum absolute atomic E-state index is 13.0. The molecule has 0 bridgehead atoms. The summed E-state index contributed by atoms with van der Waals surface area (Å²) in [4.78, 5) is 20.6. The lowest BCUT2D eigenvalue weighted by atomic mass is 10.1. The molecule has 0 aliphatic rings. The van der Waals surface area contributed by atoms with Crippen molar-refractivity contribution in [3.05, 3.63) is 58.3 Å². The van der Waals surface area contributed by atoms with Gasteiger partial charge in [-0.15, -0.1) is 0 Å². The quantitative estimate of drug-likeness (QED) is 0.405. The molecule has 10 nitrogen and oxygen atoms in total. The van der Waals surface area contributed by atoms with Gasteiger partial charge in [0.15, 0.2) is 15.4 Å². The van der Waals surface area contributed by atoms with E-state index in [1.807, 2.05) is 26.8 Å². The Morgan fingerprint density at radius 3 is 2.62 bits per heavy atom. The Balaban J connectivity index is 1.88. The number of hydrogen-bond acceptors (Lipinski definition) is 8. The summed E-state index contributed by atoms with van der Waals surface area (Å²) in [5.41, 5.74) is 2.08. The number of fused-ring (bicyclic) bond motifs is 1. The first-order chi connectivity index (χ1) is 16.2. The van der Waals surface area contributed by atoms with Crippen molar-refractivity contribution in [2.45, 2.75) is 38.6 Å². The molecule has 0 amide bonds. The Labute approximate surface area is 197 Å².